The van der Waals surface area contributed by atoms with Crippen LogP contribution in [0.1, 0.15) is 25.3 Å². The van der Waals surface area contributed by atoms with Gasteiger partial charge in [-0.1, -0.05) is 36.4 Å². The number of rotatable bonds is 3. The second kappa shape index (κ2) is 8.90. The Labute approximate surface area is 112 Å². The lowest BCUT2D eigenvalue weighted by atomic mass is 10.0. The van der Waals surface area contributed by atoms with Crippen molar-refractivity contribution in [2.24, 2.45) is 0 Å². The van der Waals surface area contributed by atoms with Gasteiger partial charge in [-0.05, 0) is 45.5 Å². The Hall–Kier alpha value is -1.12. The minimum atomic E-state index is 0.733. The van der Waals surface area contributed by atoms with Crippen LogP contribution in [0, 0.1) is 0 Å². The van der Waals surface area contributed by atoms with Crippen molar-refractivity contribution in [2.45, 2.75) is 32.4 Å². The molecule has 2 rings (SSSR count). The Morgan fingerprint density at radius 2 is 1.83 bits per heavy atom. The van der Waals surface area contributed by atoms with Crippen molar-refractivity contribution in [1.29, 1.82) is 0 Å². The highest BCUT2D eigenvalue weighted by Gasteiger charge is 2.17. The molecule has 18 heavy (non-hydrogen) atoms. The molecule has 0 atom stereocenters. The monoisotopic (exact) mass is 246 g/mol. The summed E-state index contributed by atoms with van der Waals surface area (Å²) in [5, 5.41) is 3.36. The van der Waals surface area contributed by atoms with Gasteiger partial charge < -0.3 is 5.32 Å². The smallest absolute Gasteiger partial charge is 0.0233 e. The van der Waals surface area contributed by atoms with Crippen molar-refractivity contribution in [2.75, 3.05) is 20.1 Å². The number of piperidine rings is 1. The lowest BCUT2D eigenvalue weighted by Gasteiger charge is -2.31. The number of hydrogen-bond acceptors (Lipinski definition) is 2. The van der Waals surface area contributed by atoms with Crippen LogP contribution < -0.4 is 5.32 Å². The van der Waals surface area contributed by atoms with Gasteiger partial charge in [-0.15, -0.1) is 6.58 Å². The first-order valence-electron chi connectivity index (χ1n) is 6.80. The fraction of sp³-hybridized carbons (Fsp3) is 0.500. The number of likely N-dealkylation sites (tertiary alicyclic amines) is 1. The summed E-state index contributed by atoms with van der Waals surface area (Å²) in [4.78, 5) is 2.54. The summed E-state index contributed by atoms with van der Waals surface area (Å²) in [5.41, 5.74) is 1.43. The van der Waals surface area contributed by atoms with Gasteiger partial charge in [0.25, 0.3) is 0 Å². The fourth-order valence-corrected chi connectivity index (χ4v) is 2.22. The quantitative estimate of drug-likeness (QED) is 0.825. The molecule has 1 fully saturated rings. The number of benzene rings is 1. The largest absolute Gasteiger partial charge is 0.317 e. The molecule has 0 saturated carbocycles. The van der Waals surface area contributed by atoms with Crippen molar-refractivity contribution in [3.63, 3.8) is 0 Å². The van der Waals surface area contributed by atoms with E-state index in [0.717, 1.165) is 12.6 Å². The molecule has 100 valence electrons. The highest BCUT2D eigenvalue weighted by atomic mass is 15.1. The second-order valence-electron chi connectivity index (χ2n) is 4.73. The van der Waals surface area contributed by atoms with Gasteiger partial charge in [0.2, 0.25) is 0 Å². The molecule has 0 amide bonds. The summed E-state index contributed by atoms with van der Waals surface area (Å²) >= 11 is 0. The zero-order valence-electron chi connectivity index (χ0n) is 11.7. The van der Waals surface area contributed by atoms with E-state index in [2.05, 4.69) is 54.2 Å². The van der Waals surface area contributed by atoms with E-state index in [9.17, 15) is 0 Å². The van der Waals surface area contributed by atoms with Crippen LogP contribution in [-0.2, 0) is 6.54 Å². The molecule has 1 saturated heterocycles. The summed E-state index contributed by atoms with van der Waals surface area (Å²) < 4.78 is 0. The van der Waals surface area contributed by atoms with E-state index in [1.54, 1.807) is 6.08 Å². The normalized spacial score (nSPS) is 16.8. The molecular weight excluding hydrogens is 220 g/mol. The Kier molecular flexibility index (Phi) is 7.38. The Morgan fingerprint density at radius 3 is 2.33 bits per heavy atom. The number of nitrogens with zero attached hydrogens (tertiary/aromatic N) is 1. The van der Waals surface area contributed by atoms with E-state index >= 15 is 0 Å². The zero-order chi connectivity index (χ0) is 13.2. The van der Waals surface area contributed by atoms with E-state index in [1.807, 2.05) is 6.92 Å². The van der Waals surface area contributed by atoms with E-state index in [-0.39, 0.29) is 0 Å². The van der Waals surface area contributed by atoms with Crippen molar-refractivity contribution < 1.29 is 0 Å². The van der Waals surface area contributed by atoms with Crippen LogP contribution in [-0.4, -0.2) is 31.1 Å². The molecule has 0 spiro atoms. The van der Waals surface area contributed by atoms with Gasteiger partial charge in [0, 0.05) is 12.6 Å². The van der Waals surface area contributed by atoms with Gasteiger partial charge in [-0.2, -0.15) is 0 Å². The summed E-state index contributed by atoms with van der Waals surface area (Å²) in [6.45, 7) is 8.80. The van der Waals surface area contributed by atoms with Gasteiger partial charge in [-0.25, -0.2) is 0 Å². The molecule has 1 N–H and O–H groups in total. The fourth-order valence-electron chi connectivity index (χ4n) is 2.22. The highest BCUT2D eigenvalue weighted by Crippen LogP contribution is 2.13. The van der Waals surface area contributed by atoms with Gasteiger partial charge in [0.05, 0.1) is 0 Å². The first kappa shape index (κ1) is 14.9. The molecule has 1 aromatic rings. The van der Waals surface area contributed by atoms with Crippen molar-refractivity contribution >= 4 is 0 Å². The third-order valence-corrected chi connectivity index (χ3v) is 3.24. The van der Waals surface area contributed by atoms with Crippen molar-refractivity contribution in [1.82, 2.24) is 10.2 Å². The number of nitrogens with one attached hydrogen (secondary N) is 1. The molecule has 2 nitrogen and oxygen atoms in total. The lowest BCUT2D eigenvalue weighted by molar-refractivity contribution is 0.194. The SMILES string of the molecule is C=CC.CNC1CCN(Cc2ccccc2)CC1. The van der Waals surface area contributed by atoms with Crippen LogP contribution >= 0.6 is 0 Å². The van der Waals surface area contributed by atoms with E-state index in [1.165, 1.54) is 31.5 Å². The predicted molar refractivity (Wildman–Crippen MR) is 79.7 cm³/mol. The zero-order valence-corrected chi connectivity index (χ0v) is 11.7. The predicted octanol–water partition coefficient (Wildman–Crippen LogP) is 3.06. The molecule has 0 bridgehead atoms. The van der Waals surface area contributed by atoms with Gasteiger partial charge >= 0.3 is 0 Å². The van der Waals surface area contributed by atoms with Crippen molar-refractivity contribution in [3.05, 3.63) is 48.6 Å². The van der Waals surface area contributed by atoms with Crippen LogP contribution in [0.4, 0.5) is 0 Å². The van der Waals surface area contributed by atoms with Gasteiger partial charge in [-0.3, -0.25) is 4.90 Å². The standard InChI is InChI=1S/C13H20N2.C3H6/c1-14-13-7-9-15(10-8-13)11-12-5-3-2-4-6-12;1-3-2/h2-6,13-14H,7-11H2,1H3;3H,1H2,2H3. The molecule has 1 aromatic carbocycles. The molecule has 1 aliphatic heterocycles. The van der Waals surface area contributed by atoms with Crippen LogP contribution in [0.5, 0.6) is 0 Å². The van der Waals surface area contributed by atoms with Crippen LogP contribution in [0.25, 0.3) is 0 Å². The first-order valence-corrected chi connectivity index (χ1v) is 6.80. The highest BCUT2D eigenvalue weighted by molar-refractivity contribution is 5.14. The first-order chi connectivity index (χ1) is 8.80. The minimum Gasteiger partial charge on any atom is -0.317 e. The van der Waals surface area contributed by atoms with E-state index < -0.39 is 0 Å². The molecule has 1 aliphatic rings. The lowest BCUT2D eigenvalue weighted by Crippen LogP contribution is -2.40. The average molecular weight is 246 g/mol. The third kappa shape index (κ3) is 5.48. The van der Waals surface area contributed by atoms with E-state index in [4.69, 9.17) is 0 Å². The second-order valence-corrected chi connectivity index (χ2v) is 4.73. The topological polar surface area (TPSA) is 15.3 Å². The Balaban J connectivity index is 0.000000492. The molecule has 1 heterocycles. The number of allylic oxidation sites excluding steroid dienone is 1. The summed E-state index contributed by atoms with van der Waals surface area (Å²) in [6.07, 6.45) is 4.31. The molecule has 0 unspecified atom stereocenters. The Bertz CT molecular complexity index is 313. The average Bonchev–Trinajstić information content (AvgIpc) is 2.42. The van der Waals surface area contributed by atoms with Crippen LogP contribution in [0.15, 0.2) is 43.0 Å². The number of hydrogen-bond donors (Lipinski definition) is 1. The molecule has 0 radical (unpaired) electrons. The summed E-state index contributed by atoms with van der Waals surface area (Å²) in [6, 6.07) is 11.5. The minimum absolute atomic E-state index is 0.733. The third-order valence-electron chi connectivity index (χ3n) is 3.24. The van der Waals surface area contributed by atoms with Crippen molar-refractivity contribution in [3.8, 4) is 0 Å². The van der Waals surface area contributed by atoms with Crippen LogP contribution in [0.3, 0.4) is 0 Å². The molecule has 0 aliphatic carbocycles. The van der Waals surface area contributed by atoms with Gasteiger partial charge in [0.15, 0.2) is 0 Å². The molecular formula is C16H26N2. The summed E-state index contributed by atoms with van der Waals surface area (Å²) in [5.74, 6) is 0. The Morgan fingerprint density at radius 1 is 1.28 bits per heavy atom. The summed E-state index contributed by atoms with van der Waals surface area (Å²) in [7, 11) is 2.07. The van der Waals surface area contributed by atoms with Gasteiger partial charge in [0.1, 0.15) is 0 Å². The molecule has 0 aromatic heterocycles. The molecule has 2 heteroatoms. The van der Waals surface area contributed by atoms with E-state index in [0.29, 0.717) is 0 Å². The van der Waals surface area contributed by atoms with Crippen LogP contribution in [0.2, 0.25) is 0 Å². The maximum Gasteiger partial charge on any atom is 0.0233 e. The maximum atomic E-state index is 3.36. The maximum absolute atomic E-state index is 3.36.